The van der Waals surface area contributed by atoms with E-state index in [2.05, 4.69) is 20.8 Å². The molecule has 0 saturated heterocycles. The fourth-order valence-electron chi connectivity index (χ4n) is 8.52. The molecule has 4 saturated carbocycles. The van der Waals surface area contributed by atoms with Crippen molar-refractivity contribution < 1.29 is 19.4 Å². The number of carbonyl (C=O) groups is 2. The molecule has 4 nitrogen and oxygen atoms in total. The Kier molecular flexibility index (Phi) is 5.17. The molecule has 4 heteroatoms. The number of hydrogen-bond acceptors (Lipinski definition) is 4. The van der Waals surface area contributed by atoms with E-state index in [1.807, 2.05) is 0 Å². The third-order valence-electron chi connectivity index (χ3n) is 9.70. The molecule has 0 aromatic rings. The van der Waals surface area contributed by atoms with Crippen molar-refractivity contribution in [2.24, 2.45) is 46.3 Å². The molecular weight excluding hydrogens is 352 g/mol. The van der Waals surface area contributed by atoms with Crippen LogP contribution < -0.4 is 0 Å². The van der Waals surface area contributed by atoms with Crippen LogP contribution in [0.15, 0.2) is 0 Å². The van der Waals surface area contributed by atoms with Gasteiger partial charge >= 0.3 is 5.97 Å². The van der Waals surface area contributed by atoms with Gasteiger partial charge in [-0.05, 0) is 79.4 Å². The van der Waals surface area contributed by atoms with Gasteiger partial charge in [-0.2, -0.15) is 0 Å². The summed E-state index contributed by atoms with van der Waals surface area (Å²) in [5.74, 6) is 2.71. The van der Waals surface area contributed by atoms with E-state index in [-0.39, 0.29) is 41.2 Å². The van der Waals surface area contributed by atoms with Crippen molar-refractivity contribution in [3.8, 4) is 0 Å². The fourth-order valence-corrected chi connectivity index (χ4v) is 8.52. The highest BCUT2D eigenvalue weighted by atomic mass is 16.5. The molecule has 28 heavy (non-hydrogen) atoms. The standard InChI is InChI=1S/C24H38O4/c1-14-9-10-23(3)16(11-14)5-6-17-18-7-8-19(20(27)13-25)24(18,4)12-21(22(17)23)28-15(2)26/h14,16-19,21-22,25H,5-13H2,1-4H3/t14-,16+,17+,18+,19-,21+,22-,23+,24+/m1/s1. The van der Waals surface area contributed by atoms with E-state index < -0.39 is 0 Å². The SMILES string of the molecule is CC(=O)O[C@H]1C[C@]2(C)[C@@H](C(=O)CO)CC[C@H]2[C@@H]2CC[C@H]3C[C@H](C)CC[C@]3(C)[C@H]21. The second-order valence-electron chi connectivity index (χ2n) is 11.1. The third kappa shape index (κ3) is 2.97. The molecular formula is C24H38O4. The van der Waals surface area contributed by atoms with Gasteiger partial charge in [0.05, 0.1) is 0 Å². The summed E-state index contributed by atoms with van der Waals surface area (Å²) in [5, 5.41) is 9.53. The van der Waals surface area contributed by atoms with Crippen LogP contribution in [0.3, 0.4) is 0 Å². The maximum atomic E-state index is 12.5. The lowest BCUT2D eigenvalue weighted by Gasteiger charge is -2.62. The molecule has 0 radical (unpaired) electrons. The Hall–Kier alpha value is -0.900. The lowest BCUT2D eigenvalue weighted by atomic mass is 9.43. The molecule has 4 rings (SSSR count). The summed E-state index contributed by atoms with van der Waals surface area (Å²) in [5.41, 5.74) is 0.0994. The molecule has 0 heterocycles. The number of ketones is 1. The van der Waals surface area contributed by atoms with E-state index in [0.29, 0.717) is 17.8 Å². The molecule has 0 amide bonds. The van der Waals surface area contributed by atoms with Gasteiger partial charge in [0, 0.05) is 18.8 Å². The molecule has 4 aliphatic rings. The van der Waals surface area contributed by atoms with Gasteiger partial charge in [-0.25, -0.2) is 0 Å². The van der Waals surface area contributed by atoms with E-state index in [4.69, 9.17) is 4.74 Å². The van der Waals surface area contributed by atoms with Crippen LogP contribution in [-0.4, -0.2) is 29.6 Å². The lowest BCUT2D eigenvalue weighted by Crippen LogP contribution is -2.60. The summed E-state index contributed by atoms with van der Waals surface area (Å²) < 4.78 is 6.02. The molecule has 0 aromatic heterocycles. The minimum absolute atomic E-state index is 0.0172. The monoisotopic (exact) mass is 390 g/mol. The number of fused-ring (bicyclic) bond motifs is 5. The Morgan fingerprint density at radius 1 is 1.07 bits per heavy atom. The highest BCUT2D eigenvalue weighted by Gasteiger charge is 2.64. The number of aliphatic hydroxyl groups excluding tert-OH is 1. The van der Waals surface area contributed by atoms with Crippen molar-refractivity contribution >= 4 is 11.8 Å². The van der Waals surface area contributed by atoms with Crippen LogP contribution in [0.1, 0.15) is 79.1 Å². The van der Waals surface area contributed by atoms with Gasteiger partial charge in [0.2, 0.25) is 0 Å². The molecule has 1 N–H and O–H groups in total. The first-order chi connectivity index (χ1) is 13.2. The van der Waals surface area contributed by atoms with Crippen LogP contribution in [0.4, 0.5) is 0 Å². The number of aliphatic hydroxyl groups is 1. The first-order valence-electron chi connectivity index (χ1n) is 11.5. The second kappa shape index (κ2) is 7.11. The summed E-state index contributed by atoms with van der Waals surface area (Å²) in [4.78, 5) is 24.6. The van der Waals surface area contributed by atoms with E-state index in [9.17, 15) is 14.7 Å². The van der Waals surface area contributed by atoms with E-state index in [1.54, 1.807) is 0 Å². The van der Waals surface area contributed by atoms with E-state index >= 15 is 0 Å². The number of Topliss-reactive ketones (excluding diaryl/α,β-unsaturated/α-hetero) is 1. The van der Waals surface area contributed by atoms with Crippen LogP contribution in [0.2, 0.25) is 0 Å². The number of carbonyl (C=O) groups excluding carboxylic acids is 2. The average Bonchev–Trinajstić information content (AvgIpc) is 2.97. The van der Waals surface area contributed by atoms with Crippen molar-refractivity contribution in [1.82, 2.24) is 0 Å². The summed E-state index contributed by atoms with van der Waals surface area (Å²) in [7, 11) is 0. The van der Waals surface area contributed by atoms with Crippen LogP contribution in [0.25, 0.3) is 0 Å². The van der Waals surface area contributed by atoms with Crippen LogP contribution in [0, 0.1) is 46.3 Å². The highest BCUT2D eigenvalue weighted by molar-refractivity contribution is 5.83. The fraction of sp³-hybridized carbons (Fsp3) is 0.917. The molecule has 0 bridgehead atoms. The highest BCUT2D eigenvalue weighted by Crippen LogP contribution is 2.68. The number of hydrogen-bond donors (Lipinski definition) is 1. The molecule has 0 aromatic carbocycles. The second-order valence-corrected chi connectivity index (χ2v) is 11.1. The molecule has 9 atom stereocenters. The van der Waals surface area contributed by atoms with Crippen molar-refractivity contribution in [2.75, 3.05) is 6.61 Å². The molecule has 0 aliphatic heterocycles. The minimum Gasteiger partial charge on any atom is -0.462 e. The first kappa shape index (κ1) is 20.4. The van der Waals surface area contributed by atoms with Gasteiger partial charge in [0.1, 0.15) is 12.7 Å². The Balaban J connectivity index is 1.71. The van der Waals surface area contributed by atoms with Gasteiger partial charge in [-0.15, -0.1) is 0 Å². The van der Waals surface area contributed by atoms with E-state index in [0.717, 1.165) is 31.1 Å². The largest absolute Gasteiger partial charge is 0.462 e. The van der Waals surface area contributed by atoms with Crippen LogP contribution in [0.5, 0.6) is 0 Å². The zero-order chi connectivity index (χ0) is 20.3. The van der Waals surface area contributed by atoms with Gasteiger partial charge in [-0.3, -0.25) is 9.59 Å². The molecule has 0 unspecified atom stereocenters. The molecule has 4 aliphatic carbocycles. The zero-order valence-electron chi connectivity index (χ0n) is 18.1. The van der Waals surface area contributed by atoms with Gasteiger partial charge in [-0.1, -0.05) is 27.2 Å². The smallest absolute Gasteiger partial charge is 0.302 e. The van der Waals surface area contributed by atoms with Crippen molar-refractivity contribution in [3.63, 3.8) is 0 Å². The first-order valence-corrected chi connectivity index (χ1v) is 11.5. The maximum absolute atomic E-state index is 12.5. The van der Waals surface area contributed by atoms with Crippen LogP contribution in [-0.2, 0) is 14.3 Å². The number of ether oxygens (including phenoxy) is 1. The molecule has 0 spiro atoms. The molecule has 4 fully saturated rings. The number of esters is 1. The zero-order valence-corrected chi connectivity index (χ0v) is 18.1. The predicted molar refractivity (Wildman–Crippen MR) is 107 cm³/mol. The van der Waals surface area contributed by atoms with Crippen molar-refractivity contribution in [3.05, 3.63) is 0 Å². The maximum Gasteiger partial charge on any atom is 0.302 e. The quantitative estimate of drug-likeness (QED) is 0.726. The Bertz CT molecular complexity index is 645. The third-order valence-corrected chi connectivity index (χ3v) is 9.70. The van der Waals surface area contributed by atoms with Crippen LogP contribution >= 0.6 is 0 Å². The molecule has 158 valence electrons. The normalized spacial score (nSPS) is 50.2. The van der Waals surface area contributed by atoms with Gasteiger partial charge in [0.25, 0.3) is 0 Å². The average molecular weight is 391 g/mol. The van der Waals surface area contributed by atoms with Crippen molar-refractivity contribution in [2.45, 2.75) is 85.2 Å². The summed E-state index contributed by atoms with van der Waals surface area (Å²) in [6.07, 6.45) is 8.96. The topological polar surface area (TPSA) is 63.6 Å². The Morgan fingerprint density at radius 3 is 2.50 bits per heavy atom. The lowest BCUT2D eigenvalue weighted by molar-refractivity contribution is -0.195. The van der Waals surface area contributed by atoms with Gasteiger partial charge < -0.3 is 9.84 Å². The Morgan fingerprint density at radius 2 is 1.82 bits per heavy atom. The minimum atomic E-state index is -0.364. The summed E-state index contributed by atoms with van der Waals surface area (Å²) >= 11 is 0. The van der Waals surface area contributed by atoms with E-state index in [1.165, 1.54) is 39.0 Å². The van der Waals surface area contributed by atoms with Crippen molar-refractivity contribution in [1.29, 1.82) is 0 Å². The summed E-state index contributed by atoms with van der Waals surface area (Å²) in [6, 6.07) is 0. The summed E-state index contributed by atoms with van der Waals surface area (Å²) in [6.45, 7) is 8.27. The Labute approximate surface area is 169 Å². The van der Waals surface area contributed by atoms with Gasteiger partial charge in [0.15, 0.2) is 5.78 Å². The number of rotatable bonds is 3. The predicted octanol–water partition coefficient (Wildman–Crippen LogP) is 4.38.